The van der Waals surface area contributed by atoms with Crippen LogP contribution in [0.2, 0.25) is 0 Å². The highest BCUT2D eigenvalue weighted by molar-refractivity contribution is 6.13. The zero-order valence-electron chi connectivity index (χ0n) is 25.3. The molecule has 3 atom stereocenters. The number of amidine groups is 1. The molecule has 0 radical (unpaired) electrons. The minimum atomic E-state index is 0.188. The second-order valence-corrected chi connectivity index (χ2v) is 13.8. The fourth-order valence-corrected chi connectivity index (χ4v) is 8.17. The number of benzene rings is 3. The van der Waals surface area contributed by atoms with Crippen molar-refractivity contribution in [2.75, 3.05) is 19.0 Å². The van der Waals surface area contributed by atoms with E-state index in [1.54, 1.807) is 0 Å². The van der Waals surface area contributed by atoms with Crippen LogP contribution >= 0.6 is 0 Å². The van der Waals surface area contributed by atoms with E-state index in [-0.39, 0.29) is 10.8 Å². The number of rotatable bonds is 7. The first-order valence-corrected chi connectivity index (χ1v) is 15.0. The minimum absolute atomic E-state index is 0.188. The lowest BCUT2D eigenvalue weighted by Crippen LogP contribution is -2.58. The summed E-state index contributed by atoms with van der Waals surface area (Å²) in [6.45, 7) is 14.2. The van der Waals surface area contributed by atoms with Crippen molar-refractivity contribution in [3.8, 4) is 0 Å². The third-order valence-electron chi connectivity index (χ3n) is 10.1. The number of aryl methyl sites for hydroxylation is 2. The zero-order valence-corrected chi connectivity index (χ0v) is 25.3. The number of fused-ring (bicyclic) bond motifs is 6. The van der Waals surface area contributed by atoms with Gasteiger partial charge in [-0.15, -0.1) is 0 Å². The van der Waals surface area contributed by atoms with Crippen LogP contribution in [0.15, 0.2) is 65.8 Å². The molecular weight excluding hydrogens is 474 g/mol. The number of nitrogens with zero attached hydrogens (tertiary/aromatic N) is 3. The van der Waals surface area contributed by atoms with Gasteiger partial charge in [0.15, 0.2) is 0 Å². The van der Waals surface area contributed by atoms with E-state index < -0.39 is 0 Å². The standard InChI is InChI=1S/C36H46N3/c1-9-14-26-16-12-15-25(4)29(26)22-28-18-13-17-27(21-24(2)3)32(28)33-37-39(7,8)34-36(6)23-35(36,5)30-19-10-11-20-31(30)38(33)34/h10-13,15-20,24,34H,9,14,21-23H2,1-8H3/q+1/t34-,35?,36+/m0/s1. The van der Waals surface area contributed by atoms with Crippen molar-refractivity contribution in [1.82, 2.24) is 0 Å². The Kier molecular flexibility index (Phi) is 6.11. The molecule has 0 spiro atoms. The van der Waals surface area contributed by atoms with E-state index >= 15 is 0 Å². The summed E-state index contributed by atoms with van der Waals surface area (Å²) in [5, 5.41) is 5.62. The summed E-state index contributed by atoms with van der Waals surface area (Å²) in [7, 11) is 4.63. The molecule has 1 unspecified atom stereocenters. The minimum Gasteiger partial charge on any atom is -0.268 e. The molecule has 3 aliphatic rings. The molecule has 3 aromatic rings. The van der Waals surface area contributed by atoms with Crippen molar-refractivity contribution < 1.29 is 4.59 Å². The Morgan fingerprint density at radius 2 is 1.64 bits per heavy atom. The lowest BCUT2D eigenvalue weighted by atomic mass is 9.80. The molecular formula is C36H46N3+. The quantitative estimate of drug-likeness (QED) is 0.288. The number of para-hydroxylation sites is 1. The first kappa shape index (κ1) is 26.3. The molecule has 1 saturated carbocycles. The highest BCUT2D eigenvalue weighted by atomic mass is 15.7. The molecule has 204 valence electrons. The lowest BCUT2D eigenvalue weighted by Gasteiger charge is -2.43. The molecule has 3 nitrogen and oxygen atoms in total. The van der Waals surface area contributed by atoms with Crippen LogP contribution in [-0.4, -0.2) is 30.7 Å². The maximum atomic E-state index is 5.62. The second kappa shape index (κ2) is 9.06. The molecule has 6 rings (SSSR count). The third kappa shape index (κ3) is 3.91. The fourth-order valence-electron chi connectivity index (χ4n) is 8.17. The Bertz CT molecular complexity index is 1460. The van der Waals surface area contributed by atoms with Crippen LogP contribution in [0.3, 0.4) is 0 Å². The Hall–Kier alpha value is -2.91. The summed E-state index contributed by atoms with van der Waals surface area (Å²) in [5.41, 5.74) is 11.8. The van der Waals surface area contributed by atoms with Gasteiger partial charge in [-0.2, -0.15) is 4.59 Å². The molecule has 0 aromatic heterocycles. The summed E-state index contributed by atoms with van der Waals surface area (Å²) < 4.78 is 0.649. The topological polar surface area (TPSA) is 15.6 Å². The van der Waals surface area contributed by atoms with Gasteiger partial charge >= 0.3 is 0 Å². The highest BCUT2D eigenvalue weighted by Crippen LogP contribution is 2.73. The average Bonchev–Trinajstić information content (AvgIpc) is 3.34. The number of hydrogen-bond acceptors (Lipinski definition) is 2. The van der Waals surface area contributed by atoms with Gasteiger partial charge in [-0.1, -0.05) is 101 Å². The lowest BCUT2D eigenvalue weighted by molar-refractivity contribution is -0.920. The predicted molar refractivity (Wildman–Crippen MR) is 164 cm³/mol. The molecule has 3 heteroatoms. The molecule has 3 aromatic carbocycles. The van der Waals surface area contributed by atoms with Crippen LogP contribution in [0.25, 0.3) is 0 Å². The Balaban J connectivity index is 1.56. The van der Waals surface area contributed by atoms with E-state index in [1.807, 2.05) is 0 Å². The van der Waals surface area contributed by atoms with Gasteiger partial charge in [0.1, 0.15) is 0 Å². The van der Waals surface area contributed by atoms with Crippen molar-refractivity contribution >= 4 is 11.5 Å². The molecule has 0 bridgehead atoms. The SMILES string of the molecule is CCCc1cccc(C)c1Cc1cccc(CC(C)C)c1C1=N[N+](C)(C)[C@@H]2N1c1ccccc1C1(C)C[C@]21C. The first-order valence-electron chi connectivity index (χ1n) is 15.0. The van der Waals surface area contributed by atoms with Crippen LogP contribution in [0.1, 0.15) is 86.4 Å². The van der Waals surface area contributed by atoms with Crippen LogP contribution in [-0.2, 0) is 24.7 Å². The molecule has 2 heterocycles. The predicted octanol–water partition coefficient (Wildman–Crippen LogP) is 8.00. The smallest absolute Gasteiger partial charge is 0.201 e. The van der Waals surface area contributed by atoms with Gasteiger partial charge in [0.2, 0.25) is 12.0 Å². The van der Waals surface area contributed by atoms with Crippen LogP contribution in [0.4, 0.5) is 5.69 Å². The fraction of sp³-hybridized carbons (Fsp3) is 0.472. The summed E-state index contributed by atoms with van der Waals surface area (Å²) in [4.78, 5) is 2.65. The monoisotopic (exact) mass is 520 g/mol. The number of anilines is 1. The normalized spacial score (nSPS) is 26.2. The maximum absolute atomic E-state index is 5.62. The first-order chi connectivity index (χ1) is 18.5. The molecule has 0 amide bonds. The van der Waals surface area contributed by atoms with E-state index in [9.17, 15) is 0 Å². The Morgan fingerprint density at radius 1 is 0.949 bits per heavy atom. The summed E-state index contributed by atoms with van der Waals surface area (Å²) in [6.07, 6.45) is 5.80. The maximum Gasteiger partial charge on any atom is 0.201 e. The van der Waals surface area contributed by atoms with Gasteiger partial charge in [0, 0.05) is 11.0 Å². The Morgan fingerprint density at radius 3 is 2.38 bits per heavy atom. The number of quaternary nitrogens is 1. The van der Waals surface area contributed by atoms with Crippen molar-refractivity contribution in [3.05, 3.63) is 99.6 Å². The second-order valence-electron chi connectivity index (χ2n) is 13.8. The van der Waals surface area contributed by atoms with Crippen molar-refractivity contribution in [3.63, 3.8) is 0 Å². The highest BCUT2D eigenvalue weighted by Gasteiger charge is 2.76. The van der Waals surface area contributed by atoms with Crippen LogP contribution in [0, 0.1) is 18.3 Å². The molecule has 2 aliphatic heterocycles. The average molecular weight is 521 g/mol. The summed E-state index contributed by atoms with van der Waals surface area (Å²) in [5.74, 6) is 1.75. The molecule has 39 heavy (non-hydrogen) atoms. The van der Waals surface area contributed by atoms with Crippen molar-refractivity contribution in [2.45, 2.75) is 85.2 Å². The van der Waals surface area contributed by atoms with Gasteiger partial charge in [-0.05, 0) is 78.0 Å². The van der Waals surface area contributed by atoms with Gasteiger partial charge in [0.05, 0.1) is 25.2 Å². The van der Waals surface area contributed by atoms with E-state index in [4.69, 9.17) is 5.10 Å². The molecule has 0 N–H and O–H groups in total. The van der Waals surface area contributed by atoms with Gasteiger partial charge in [-0.25, -0.2) is 0 Å². The Labute approximate surface area is 236 Å². The van der Waals surface area contributed by atoms with Gasteiger partial charge in [0.25, 0.3) is 0 Å². The van der Waals surface area contributed by atoms with Crippen molar-refractivity contribution in [1.29, 1.82) is 0 Å². The number of hydrogen-bond donors (Lipinski definition) is 0. The molecule has 0 saturated heterocycles. The van der Waals surface area contributed by atoms with Gasteiger partial charge in [-0.3, -0.25) is 4.90 Å². The van der Waals surface area contributed by atoms with E-state index in [0.717, 1.165) is 19.3 Å². The van der Waals surface area contributed by atoms with E-state index in [2.05, 4.69) is 121 Å². The zero-order chi connectivity index (χ0) is 27.7. The summed E-state index contributed by atoms with van der Waals surface area (Å²) in [6, 6.07) is 23.0. The summed E-state index contributed by atoms with van der Waals surface area (Å²) >= 11 is 0. The van der Waals surface area contributed by atoms with Crippen LogP contribution < -0.4 is 4.90 Å². The van der Waals surface area contributed by atoms with Crippen LogP contribution in [0.5, 0.6) is 0 Å². The van der Waals surface area contributed by atoms with E-state index in [1.165, 1.54) is 63.3 Å². The largest absolute Gasteiger partial charge is 0.268 e. The van der Waals surface area contributed by atoms with Gasteiger partial charge < -0.3 is 0 Å². The van der Waals surface area contributed by atoms with E-state index in [0.29, 0.717) is 16.7 Å². The molecule has 1 aliphatic carbocycles. The third-order valence-corrected chi connectivity index (χ3v) is 10.1. The molecule has 1 fully saturated rings. The van der Waals surface area contributed by atoms with Crippen molar-refractivity contribution in [2.24, 2.45) is 16.4 Å².